The first-order valence-corrected chi connectivity index (χ1v) is 25.2. The predicted molar refractivity (Wildman–Crippen MR) is 274 cm³/mol. The minimum atomic E-state index is -1.60. The van der Waals surface area contributed by atoms with Gasteiger partial charge in [0.25, 0.3) is 0 Å². The van der Waals surface area contributed by atoms with Crippen LogP contribution in [-0.4, -0.2) is 165 Å². The highest BCUT2D eigenvalue weighted by molar-refractivity contribution is 5.98. The molecule has 1 saturated heterocycles. The van der Waals surface area contributed by atoms with Gasteiger partial charge in [-0.1, -0.05) is 53.7 Å². The molecule has 75 heavy (non-hydrogen) atoms. The number of aliphatic hydroxyl groups is 1. The molecule has 0 aromatic heterocycles. The number of likely N-dealkylation sites (tertiary alicyclic amines) is 1. The van der Waals surface area contributed by atoms with Crippen molar-refractivity contribution >= 4 is 65.2 Å². The van der Waals surface area contributed by atoms with Crippen molar-refractivity contribution in [3.63, 3.8) is 0 Å². The van der Waals surface area contributed by atoms with Crippen LogP contribution >= 0.6 is 0 Å². The number of aliphatic imine (C=N–C) groups is 1. The lowest BCUT2D eigenvalue weighted by Crippen LogP contribution is -2.60. The highest BCUT2D eigenvalue weighted by atomic mass is 16.4. The first kappa shape index (κ1) is 64.0. The van der Waals surface area contributed by atoms with Crippen LogP contribution in [0.2, 0.25) is 0 Å². The molecular weight excluding hydrogens is 981 g/mol. The summed E-state index contributed by atoms with van der Waals surface area (Å²) >= 11 is 0. The second kappa shape index (κ2) is 31.6. The number of aliphatic hydroxyl groups excluding tert-OH is 1. The van der Waals surface area contributed by atoms with Gasteiger partial charge in [-0.2, -0.15) is 0 Å². The van der Waals surface area contributed by atoms with Crippen LogP contribution in [0.15, 0.2) is 29.3 Å². The Hall–Kier alpha value is -7.09. The molecule has 1 heterocycles. The second-order valence-corrected chi connectivity index (χ2v) is 20.1. The van der Waals surface area contributed by atoms with Gasteiger partial charge in [0.15, 0.2) is 5.96 Å². The van der Waals surface area contributed by atoms with Crippen LogP contribution in [0.4, 0.5) is 0 Å². The lowest BCUT2D eigenvalue weighted by Gasteiger charge is -2.31. The molecule has 0 spiro atoms. The molecule has 1 aromatic rings. The van der Waals surface area contributed by atoms with Gasteiger partial charge in [-0.25, -0.2) is 4.79 Å². The highest BCUT2D eigenvalue weighted by Gasteiger charge is 2.40. The maximum atomic E-state index is 14.4. The smallest absolute Gasteiger partial charge is 0.326 e. The normalized spacial score (nSPS) is 16.5. The number of nitrogens with zero attached hydrogens (tertiary/aromatic N) is 2. The molecular formula is C49H80N12O14. The molecule has 9 atom stereocenters. The van der Waals surface area contributed by atoms with Crippen molar-refractivity contribution in [2.75, 3.05) is 19.6 Å². The number of amides is 8. The third-order valence-electron chi connectivity index (χ3n) is 11.9. The van der Waals surface area contributed by atoms with Crippen molar-refractivity contribution in [2.24, 2.45) is 39.9 Å². The van der Waals surface area contributed by atoms with Crippen molar-refractivity contribution in [1.82, 2.24) is 42.1 Å². The quantitative estimate of drug-likeness (QED) is 0.0207. The van der Waals surface area contributed by atoms with E-state index in [1.165, 1.54) is 36.1 Å². The van der Waals surface area contributed by atoms with E-state index in [9.17, 15) is 68.4 Å². The third-order valence-corrected chi connectivity index (χ3v) is 11.9. The summed E-state index contributed by atoms with van der Waals surface area (Å²) in [5.41, 5.74) is 17.6. The van der Waals surface area contributed by atoms with E-state index in [1.54, 1.807) is 27.7 Å². The predicted octanol–water partition coefficient (Wildman–Crippen LogP) is -2.20. The molecule has 1 aliphatic rings. The maximum Gasteiger partial charge on any atom is 0.326 e. The van der Waals surface area contributed by atoms with Gasteiger partial charge in [0.2, 0.25) is 47.3 Å². The Labute approximate surface area is 436 Å². The van der Waals surface area contributed by atoms with E-state index in [2.05, 4.69) is 42.2 Å². The summed E-state index contributed by atoms with van der Waals surface area (Å²) in [4.78, 5) is 138. The molecule has 2 rings (SSSR count). The van der Waals surface area contributed by atoms with Gasteiger partial charge in [-0.05, 0) is 93.7 Å². The van der Waals surface area contributed by atoms with Crippen molar-refractivity contribution in [1.29, 1.82) is 0 Å². The van der Waals surface area contributed by atoms with E-state index in [4.69, 9.17) is 17.2 Å². The van der Waals surface area contributed by atoms with E-state index in [1.807, 2.05) is 13.8 Å². The van der Waals surface area contributed by atoms with Gasteiger partial charge in [-0.3, -0.25) is 48.1 Å². The number of nitrogens with one attached hydrogen (secondary N) is 7. The second-order valence-electron chi connectivity index (χ2n) is 20.1. The zero-order valence-corrected chi connectivity index (χ0v) is 43.9. The number of carboxylic acid groups (broad SMARTS) is 2. The summed E-state index contributed by atoms with van der Waals surface area (Å²) in [6.45, 7) is 11.3. The summed E-state index contributed by atoms with van der Waals surface area (Å²) in [6, 6.07) is -4.70. The average Bonchev–Trinajstić information content (AvgIpc) is 3.81. The Morgan fingerprint density at radius 3 is 1.80 bits per heavy atom. The van der Waals surface area contributed by atoms with Crippen LogP contribution < -0.4 is 54.4 Å². The molecule has 0 aliphatic carbocycles. The number of aliphatic carboxylic acids is 2. The molecule has 0 saturated carbocycles. The zero-order chi connectivity index (χ0) is 56.7. The van der Waals surface area contributed by atoms with Crippen molar-refractivity contribution in [3.8, 4) is 5.75 Å². The third kappa shape index (κ3) is 23.3. The molecule has 8 amide bonds. The van der Waals surface area contributed by atoms with Gasteiger partial charge < -0.3 is 79.7 Å². The number of phenols is 1. The van der Waals surface area contributed by atoms with E-state index >= 15 is 0 Å². The number of guanidine groups is 1. The van der Waals surface area contributed by atoms with Crippen LogP contribution in [0.25, 0.3) is 0 Å². The van der Waals surface area contributed by atoms with Gasteiger partial charge >= 0.3 is 11.9 Å². The standard InChI is InChI=1S/C49H80N12O14/c1-25(2)20-31(50)41(67)57-35(23-29-12-14-30(63)15-13-29)44(70)56-33(16-17-39(65)66)47(73)61-19-9-11-37(61)45(71)58-34(21-26(3)4)43(69)55-32(10-8-18-53-49(51)52)42(68)54-24-38(64)60-40(28(7)62)46(72)59-36(48(74)75)22-27(5)6/h12-15,25-28,31-37,40,62-63H,8-11,16-24,50H2,1-7H3,(H,54,68)(H,55,69)(H,56,70)(H,57,67)(H,58,71)(H,59,72)(H,60,64)(H,65,66)(H,74,75)(H4,51,52,53)/t28-,31+,32+,33+,34+,35+,36+,37+,40+/m1/s1. The van der Waals surface area contributed by atoms with Gasteiger partial charge in [-0.15, -0.1) is 0 Å². The number of benzene rings is 1. The number of carbonyl (C=O) groups excluding carboxylic acids is 8. The molecule has 0 bridgehead atoms. The van der Waals surface area contributed by atoms with E-state index in [0.29, 0.717) is 18.4 Å². The largest absolute Gasteiger partial charge is 0.508 e. The Balaban J connectivity index is 2.35. The summed E-state index contributed by atoms with van der Waals surface area (Å²) in [7, 11) is 0. The van der Waals surface area contributed by atoms with Crippen LogP contribution in [0.1, 0.15) is 112 Å². The van der Waals surface area contributed by atoms with E-state index in [0.717, 1.165) is 0 Å². The van der Waals surface area contributed by atoms with Crippen molar-refractivity contribution < 1.29 is 68.4 Å². The van der Waals surface area contributed by atoms with Crippen molar-refractivity contribution in [3.05, 3.63) is 29.8 Å². The van der Waals surface area contributed by atoms with E-state index < -0.39 is 133 Å². The first-order chi connectivity index (χ1) is 35.1. The number of phenolic OH excluding ortho intramolecular Hbond substituents is 1. The fourth-order valence-electron chi connectivity index (χ4n) is 8.16. The number of hydrogen-bond donors (Lipinski definition) is 14. The molecule has 0 radical (unpaired) electrons. The minimum Gasteiger partial charge on any atom is -0.508 e. The Kier molecular flexibility index (Phi) is 27.0. The SMILES string of the molecule is CC(C)C[C@H](NC(=O)[C@@H](NC(=O)CNC(=O)[C@H](CCCN=C(N)N)NC(=O)[C@H](CC(C)C)NC(=O)[C@@H]1CCCN1C(=O)[C@H](CCC(=O)O)NC(=O)[C@H](Cc1ccc(O)cc1)NC(=O)[C@@H](N)CC(C)C)[C@@H](C)O)C(=O)O. The summed E-state index contributed by atoms with van der Waals surface area (Å²) in [5.74, 6) is -9.84. The fourth-order valence-corrected chi connectivity index (χ4v) is 8.16. The molecule has 26 nitrogen and oxygen atoms in total. The highest BCUT2D eigenvalue weighted by Crippen LogP contribution is 2.21. The molecule has 1 fully saturated rings. The maximum absolute atomic E-state index is 14.4. The fraction of sp³-hybridized carbons (Fsp3) is 0.653. The van der Waals surface area contributed by atoms with Crippen LogP contribution in [-0.2, 0) is 54.4 Å². The number of carboxylic acids is 2. The van der Waals surface area contributed by atoms with Crippen LogP contribution in [0.3, 0.4) is 0 Å². The first-order valence-electron chi connectivity index (χ1n) is 25.2. The summed E-state index contributed by atoms with van der Waals surface area (Å²) < 4.78 is 0. The number of rotatable bonds is 32. The summed E-state index contributed by atoms with van der Waals surface area (Å²) in [6.07, 6.45) is -1.65. The number of hydrogen-bond acceptors (Lipinski definition) is 14. The molecule has 0 unspecified atom stereocenters. The lowest BCUT2D eigenvalue weighted by molar-refractivity contribution is -0.143. The number of nitrogens with two attached hydrogens (primary N) is 3. The Morgan fingerprint density at radius 2 is 1.24 bits per heavy atom. The summed E-state index contributed by atoms with van der Waals surface area (Å²) in [5, 5.41) is 56.8. The molecule has 26 heteroatoms. The average molecular weight is 1060 g/mol. The Morgan fingerprint density at radius 1 is 0.680 bits per heavy atom. The Bertz CT molecular complexity index is 2150. The minimum absolute atomic E-state index is 0.0182. The zero-order valence-electron chi connectivity index (χ0n) is 43.9. The molecule has 420 valence electrons. The van der Waals surface area contributed by atoms with Gasteiger partial charge in [0.05, 0.1) is 18.7 Å². The van der Waals surface area contributed by atoms with E-state index in [-0.39, 0.29) is 81.1 Å². The van der Waals surface area contributed by atoms with Crippen molar-refractivity contribution in [2.45, 2.75) is 167 Å². The molecule has 1 aliphatic heterocycles. The van der Waals surface area contributed by atoms with Crippen LogP contribution in [0.5, 0.6) is 5.75 Å². The van der Waals surface area contributed by atoms with Gasteiger partial charge in [0, 0.05) is 25.9 Å². The number of aromatic hydroxyl groups is 1. The number of carbonyl (C=O) groups is 10. The van der Waals surface area contributed by atoms with Crippen LogP contribution in [0, 0.1) is 17.8 Å². The molecule has 17 N–H and O–H groups in total. The monoisotopic (exact) mass is 1060 g/mol. The molecule has 1 aromatic carbocycles. The van der Waals surface area contributed by atoms with Gasteiger partial charge in [0.1, 0.15) is 48.0 Å². The lowest BCUT2D eigenvalue weighted by atomic mass is 10.0. The topological polar surface area (TPSA) is 429 Å².